The molecule has 5 heteroatoms. The zero-order valence-electron chi connectivity index (χ0n) is 11.3. The predicted molar refractivity (Wildman–Crippen MR) is 71.3 cm³/mol. The zero-order valence-corrected chi connectivity index (χ0v) is 11.3. The number of amides is 1. The topological polar surface area (TPSA) is 32.3 Å². The first-order chi connectivity index (χ1) is 8.90. The van der Waals surface area contributed by atoms with E-state index in [2.05, 4.69) is 19.2 Å². The molecular weight excluding hydrogens is 250 g/mol. The number of carbonyl (C=O) groups excluding carboxylic acids is 1. The highest BCUT2D eigenvalue weighted by Gasteiger charge is 2.30. The molecule has 19 heavy (non-hydrogen) atoms. The van der Waals surface area contributed by atoms with Gasteiger partial charge in [0.05, 0.1) is 11.4 Å². The molecule has 1 aliphatic rings. The summed E-state index contributed by atoms with van der Waals surface area (Å²) in [5, 5.41) is 2.90. The van der Waals surface area contributed by atoms with Crippen LogP contribution in [0.4, 0.5) is 20.2 Å². The summed E-state index contributed by atoms with van der Waals surface area (Å²) in [5.74, 6) is -1.51. The number of fused-ring (bicyclic) bond motifs is 1. The van der Waals surface area contributed by atoms with Crippen LogP contribution in [0, 0.1) is 17.6 Å². The number of anilines is 2. The molecular formula is C14H18F2N2O. The molecule has 1 aliphatic heterocycles. The van der Waals surface area contributed by atoms with Crippen molar-refractivity contribution in [3.63, 3.8) is 0 Å². The smallest absolute Gasteiger partial charge is 0.249 e. The van der Waals surface area contributed by atoms with E-state index in [9.17, 15) is 13.6 Å². The molecule has 1 N–H and O–H groups in total. The van der Waals surface area contributed by atoms with Gasteiger partial charge in [-0.15, -0.1) is 0 Å². The van der Waals surface area contributed by atoms with Crippen molar-refractivity contribution in [2.45, 2.75) is 33.2 Å². The van der Waals surface area contributed by atoms with E-state index >= 15 is 0 Å². The van der Waals surface area contributed by atoms with Crippen molar-refractivity contribution in [1.29, 1.82) is 0 Å². The highest BCUT2D eigenvalue weighted by Crippen LogP contribution is 2.33. The van der Waals surface area contributed by atoms with Crippen molar-refractivity contribution in [3.05, 3.63) is 23.8 Å². The number of hydrogen-bond acceptors (Lipinski definition) is 2. The predicted octanol–water partition coefficient (Wildman–Crippen LogP) is 3.16. The molecule has 1 aromatic carbocycles. The fraction of sp³-hybridized carbons (Fsp3) is 0.500. The van der Waals surface area contributed by atoms with Crippen molar-refractivity contribution in [2.75, 3.05) is 16.8 Å². The maximum Gasteiger partial charge on any atom is 0.249 e. The number of nitrogens with zero attached hydrogens (tertiary/aromatic N) is 1. The number of nitrogens with one attached hydrogen (secondary N) is 1. The Morgan fingerprint density at radius 3 is 2.58 bits per heavy atom. The highest BCUT2D eigenvalue weighted by atomic mass is 19.2. The Labute approximate surface area is 111 Å². The average molecular weight is 268 g/mol. The van der Waals surface area contributed by atoms with E-state index in [4.69, 9.17) is 0 Å². The lowest BCUT2D eigenvalue weighted by molar-refractivity contribution is -0.119. The summed E-state index contributed by atoms with van der Waals surface area (Å²) in [6.07, 6.45) is 0.816. The van der Waals surface area contributed by atoms with Crippen molar-refractivity contribution in [2.24, 2.45) is 5.92 Å². The Hall–Kier alpha value is -1.65. The van der Waals surface area contributed by atoms with Crippen LogP contribution in [0.1, 0.15) is 27.2 Å². The molecule has 0 radical (unpaired) electrons. The van der Waals surface area contributed by atoms with Gasteiger partial charge >= 0.3 is 0 Å². The number of benzene rings is 1. The first-order valence-corrected chi connectivity index (χ1v) is 6.47. The molecule has 1 aromatic rings. The largest absolute Gasteiger partial charge is 0.372 e. The second kappa shape index (κ2) is 5.15. The lowest BCUT2D eigenvalue weighted by Crippen LogP contribution is -2.46. The molecule has 2 rings (SSSR count). The van der Waals surface area contributed by atoms with Crippen molar-refractivity contribution in [1.82, 2.24) is 0 Å². The summed E-state index contributed by atoms with van der Waals surface area (Å²) in [7, 11) is 0. The lowest BCUT2D eigenvalue weighted by atomic mass is 10.1. The van der Waals surface area contributed by atoms with Gasteiger partial charge < -0.3 is 10.2 Å². The molecule has 0 aliphatic carbocycles. The Bertz CT molecular complexity index is 502. The fourth-order valence-corrected chi connectivity index (χ4v) is 2.14. The van der Waals surface area contributed by atoms with Gasteiger partial charge in [0.2, 0.25) is 5.91 Å². The number of carbonyl (C=O) groups is 1. The second-order valence-electron chi connectivity index (χ2n) is 5.32. The average Bonchev–Trinajstić information content (AvgIpc) is 2.32. The van der Waals surface area contributed by atoms with Gasteiger partial charge in [0, 0.05) is 18.7 Å². The maximum absolute atomic E-state index is 13.4. The molecule has 1 atom stereocenters. The van der Waals surface area contributed by atoms with Crippen LogP contribution in [0.15, 0.2) is 12.1 Å². The van der Waals surface area contributed by atoms with Gasteiger partial charge in [0.25, 0.3) is 0 Å². The summed E-state index contributed by atoms with van der Waals surface area (Å²) in [4.78, 5) is 13.7. The normalized spacial score (nSPS) is 18.5. The third kappa shape index (κ3) is 2.69. The van der Waals surface area contributed by atoms with Gasteiger partial charge in [-0.1, -0.05) is 13.8 Å². The van der Waals surface area contributed by atoms with Gasteiger partial charge in [0.1, 0.15) is 6.04 Å². The van der Waals surface area contributed by atoms with E-state index in [0.717, 1.165) is 18.6 Å². The lowest BCUT2D eigenvalue weighted by Gasteiger charge is -2.34. The Morgan fingerprint density at radius 1 is 1.32 bits per heavy atom. The SMILES string of the molecule is CC(C)CCN1C(=O)C(C)Nc2cc(F)c(F)cc21. The van der Waals surface area contributed by atoms with Crippen molar-refractivity contribution in [3.8, 4) is 0 Å². The molecule has 0 bridgehead atoms. The van der Waals surface area contributed by atoms with Gasteiger partial charge in [-0.2, -0.15) is 0 Å². The van der Waals surface area contributed by atoms with E-state index in [1.54, 1.807) is 11.8 Å². The number of rotatable bonds is 3. The zero-order chi connectivity index (χ0) is 14.2. The maximum atomic E-state index is 13.4. The fourth-order valence-electron chi connectivity index (χ4n) is 2.14. The van der Waals surface area contributed by atoms with Crippen LogP contribution in [-0.2, 0) is 4.79 Å². The minimum absolute atomic E-state index is 0.112. The summed E-state index contributed by atoms with van der Waals surface area (Å²) in [5.41, 5.74) is 0.886. The van der Waals surface area contributed by atoms with Gasteiger partial charge in [-0.25, -0.2) is 8.78 Å². The standard InChI is InChI=1S/C14H18F2N2O/c1-8(2)4-5-18-13-7-11(16)10(15)6-12(13)17-9(3)14(18)19/h6-9,17H,4-5H2,1-3H3. The second-order valence-corrected chi connectivity index (χ2v) is 5.32. The van der Waals surface area contributed by atoms with Gasteiger partial charge in [-0.3, -0.25) is 4.79 Å². The van der Waals surface area contributed by atoms with Crippen LogP contribution in [0.5, 0.6) is 0 Å². The molecule has 3 nitrogen and oxygen atoms in total. The van der Waals surface area contributed by atoms with Crippen LogP contribution in [0.3, 0.4) is 0 Å². The number of halogens is 2. The molecule has 1 amide bonds. The van der Waals surface area contributed by atoms with Crippen molar-refractivity contribution < 1.29 is 13.6 Å². The third-order valence-electron chi connectivity index (χ3n) is 3.27. The van der Waals surface area contributed by atoms with E-state index in [-0.39, 0.29) is 5.91 Å². The highest BCUT2D eigenvalue weighted by molar-refractivity contribution is 6.04. The van der Waals surface area contributed by atoms with Crippen LogP contribution >= 0.6 is 0 Å². The van der Waals surface area contributed by atoms with E-state index in [1.165, 1.54) is 0 Å². The molecule has 104 valence electrons. The first-order valence-electron chi connectivity index (χ1n) is 6.47. The minimum Gasteiger partial charge on any atom is -0.372 e. The summed E-state index contributed by atoms with van der Waals surface area (Å²) in [6, 6.07) is 1.77. The summed E-state index contributed by atoms with van der Waals surface area (Å²) >= 11 is 0. The first kappa shape index (κ1) is 13.8. The van der Waals surface area contributed by atoms with E-state index in [0.29, 0.717) is 23.8 Å². The summed E-state index contributed by atoms with van der Waals surface area (Å²) < 4.78 is 26.6. The van der Waals surface area contributed by atoms with Gasteiger partial charge in [-0.05, 0) is 19.3 Å². The molecule has 0 saturated heterocycles. The van der Waals surface area contributed by atoms with Crippen LogP contribution < -0.4 is 10.2 Å². The molecule has 0 spiro atoms. The molecule has 0 fully saturated rings. The van der Waals surface area contributed by atoms with Crippen molar-refractivity contribution >= 4 is 17.3 Å². The Kier molecular flexibility index (Phi) is 3.73. The third-order valence-corrected chi connectivity index (χ3v) is 3.27. The quantitative estimate of drug-likeness (QED) is 0.913. The van der Waals surface area contributed by atoms with E-state index in [1.807, 2.05) is 0 Å². The molecule has 1 heterocycles. The van der Waals surface area contributed by atoms with Crippen LogP contribution in [-0.4, -0.2) is 18.5 Å². The Balaban J connectivity index is 2.37. The van der Waals surface area contributed by atoms with Crippen LogP contribution in [0.25, 0.3) is 0 Å². The monoisotopic (exact) mass is 268 g/mol. The Morgan fingerprint density at radius 2 is 1.95 bits per heavy atom. The number of hydrogen-bond donors (Lipinski definition) is 1. The van der Waals surface area contributed by atoms with E-state index < -0.39 is 17.7 Å². The molecule has 0 saturated carbocycles. The molecule has 0 aromatic heterocycles. The summed E-state index contributed by atoms with van der Waals surface area (Å²) in [6.45, 7) is 6.35. The van der Waals surface area contributed by atoms with Gasteiger partial charge in [0.15, 0.2) is 11.6 Å². The minimum atomic E-state index is -0.933. The van der Waals surface area contributed by atoms with Crippen LogP contribution in [0.2, 0.25) is 0 Å². The molecule has 1 unspecified atom stereocenters.